The van der Waals surface area contributed by atoms with Gasteiger partial charge in [-0.05, 0) is 54.3 Å². The molecule has 190 valence electrons. The van der Waals surface area contributed by atoms with Crippen molar-refractivity contribution in [3.8, 4) is 11.5 Å². The number of anilines is 1. The summed E-state index contributed by atoms with van der Waals surface area (Å²) in [7, 11) is -3.21. The molecule has 0 heterocycles. The number of carbonyl (C=O) groups excluding carboxylic acids is 1. The Labute approximate surface area is 250 Å². The van der Waals surface area contributed by atoms with Gasteiger partial charge in [-0.2, -0.15) is 13.5 Å². The standard InChI is InChI=1S/C25H19Cl2N3O6S.Na/c1-13-18(26)8-10-21(37(33,34)35)22(13)29-30-23-16-6-4-3-5-14(16)11-17(24(23)31)25(32)28-15-7-9-20(36-2)19(27)12-15;/h3-12,31H,1-2H3,(H,28,32)(H,33,34,35);/q;+1/p-1. The number of nitrogens with one attached hydrogen (secondary N) is 1. The average molecular weight is 582 g/mol. The summed E-state index contributed by atoms with van der Waals surface area (Å²) >= 11 is 12.2. The molecule has 0 saturated heterocycles. The molecule has 4 rings (SSSR count). The molecule has 0 radical (unpaired) electrons. The minimum absolute atomic E-state index is 0. The number of halogens is 2. The van der Waals surface area contributed by atoms with Crippen LogP contribution in [0.1, 0.15) is 15.9 Å². The number of hydrogen-bond donors (Lipinski definition) is 2. The first-order valence-corrected chi connectivity index (χ1v) is 12.8. The molecule has 0 bridgehead atoms. The molecule has 4 aromatic rings. The second-order valence-electron chi connectivity index (χ2n) is 7.82. The Balaban J connectivity index is 0.00000400. The third-order valence-electron chi connectivity index (χ3n) is 5.49. The normalized spacial score (nSPS) is 11.4. The first-order valence-electron chi connectivity index (χ1n) is 10.6. The van der Waals surface area contributed by atoms with E-state index in [9.17, 15) is 22.9 Å². The van der Waals surface area contributed by atoms with E-state index in [4.69, 9.17) is 27.9 Å². The molecule has 13 heteroatoms. The van der Waals surface area contributed by atoms with Gasteiger partial charge in [-0.25, -0.2) is 0 Å². The van der Waals surface area contributed by atoms with Crippen LogP contribution in [-0.4, -0.2) is 26.0 Å². The summed E-state index contributed by atoms with van der Waals surface area (Å²) in [5, 5.41) is 25.3. The van der Waals surface area contributed by atoms with Crippen molar-refractivity contribution < 1.29 is 57.2 Å². The number of amides is 1. The molecule has 0 atom stereocenters. The van der Waals surface area contributed by atoms with Crippen LogP contribution in [0.5, 0.6) is 11.5 Å². The van der Waals surface area contributed by atoms with Gasteiger partial charge < -0.3 is 15.2 Å². The van der Waals surface area contributed by atoms with Crippen LogP contribution >= 0.6 is 23.2 Å². The SMILES string of the molecule is COc1ccc(NC(=O)c2cc3ccccc3c(N=Nc3c(S(=O)(=O)O)ccc(Cl)c3C)c2[O-])cc1Cl.[Na+]. The molecule has 2 N–H and O–H groups in total. The van der Waals surface area contributed by atoms with Gasteiger partial charge in [-0.1, -0.05) is 53.2 Å². The Morgan fingerprint density at radius 2 is 1.68 bits per heavy atom. The van der Waals surface area contributed by atoms with Crippen LogP contribution in [0.3, 0.4) is 0 Å². The van der Waals surface area contributed by atoms with Gasteiger partial charge in [0, 0.05) is 21.7 Å². The number of carbonyl (C=O) groups is 1. The van der Waals surface area contributed by atoms with Gasteiger partial charge in [0.2, 0.25) is 0 Å². The zero-order valence-electron chi connectivity index (χ0n) is 20.3. The van der Waals surface area contributed by atoms with Crippen LogP contribution in [0, 0.1) is 6.92 Å². The summed E-state index contributed by atoms with van der Waals surface area (Å²) in [6.45, 7) is 1.49. The Bertz CT molecular complexity index is 1700. The molecule has 9 nitrogen and oxygen atoms in total. The molecule has 0 aliphatic heterocycles. The first-order chi connectivity index (χ1) is 17.5. The maximum absolute atomic E-state index is 13.4. The van der Waals surface area contributed by atoms with Gasteiger partial charge in [-0.15, -0.1) is 5.11 Å². The Hall–Kier alpha value is -2.70. The number of azo groups is 1. The first kappa shape index (κ1) is 29.9. The zero-order chi connectivity index (χ0) is 26.9. The number of hydrogen-bond acceptors (Lipinski definition) is 7. The van der Waals surface area contributed by atoms with E-state index in [1.54, 1.807) is 36.4 Å². The summed E-state index contributed by atoms with van der Waals surface area (Å²) in [6, 6.07) is 15.1. The number of ether oxygens (including phenoxy) is 1. The van der Waals surface area contributed by atoms with Crippen molar-refractivity contribution in [3.63, 3.8) is 0 Å². The van der Waals surface area contributed by atoms with Crippen molar-refractivity contribution in [2.24, 2.45) is 10.2 Å². The van der Waals surface area contributed by atoms with Crippen molar-refractivity contribution in [2.45, 2.75) is 11.8 Å². The fourth-order valence-electron chi connectivity index (χ4n) is 3.60. The molecule has 0 aliphatic carbocycles. The second kappa shape index (κ2) is 12.0. The topological polar surface area (TPSA) is 140 Å². The Kier molecular flexibility index (Phi) is 9.43. The summed E-state index contributed by atoms with van der Waals surface area (Å²) in [5.74, 6) is -1.04. The molecule has 0 unspecified atom stereocenters. The van der Waals surface area contributed by atoms with E-state index >= 15 is 0 Å². The van der Waals surface area contributed by atoms with Crippen LogP contribution in [0.2, 0.25) is 10.0 Å². The van der Waals surface area contributed by atoms with E-state index in [1.807, 2.05) is 0 Å². The quantitative estimate of drug-likeness (QED) is 0.203. The number of methoxy groups -OCH3 is 1. The van der Waals surface area contributed by atoms with Crippen molar-refractivity contribution in [3.05, 3.63) is 81.8 Å². The monoisotopic (exact) mass is 581 g/mol. The smallest absolute Gasteiger partial charge is 0.870 e. The van der Waals surface area contributed by atoms with Crippen molar-refractivity contribution in [1.82, 2.24) is 0 Å². The molecule has 0 spiro atoms. The predicted molar refractivity (Wildman–Crippen MR) is 140 cm³/mol. The van der Waals surface area contributed by atoms with Gasteiger partial charge in [0.15, 0.2) is 0 Å². The summed E-state index contributed by atoms with van der Waals surface area (Å²) in [6.07, 6.45) is 0. The van der Waals surface area contributed by atoms with Crippen LogP contribution in [0.25, 0.3) is 10.8 Å². The maximum atomic E-state index is 13.4. The van der Waals surface area contributed by atoms with Crippen molar-refractivity contribution >= 4 is 67.1 Å². The minimum atomic E-state index is -4.67. The molecular formula is C25H18Cl2N3NaO6S. The molecule has 0 aliphatic rings. The summed E-state index contributed by atoms with van der Waals surface area (Å²) < 4.78 is 38.5. The van der Waals surface area contributed by atoms with E-state index in [-0.39, 0.29) is 62.1 Å². The van der Waals surface area contributed by atoms with Crippen LogP contribution < -0.4 is 44.7 Å². The van der Waals surface area contributed by atoms with Gasteiger partial charge >= 0.3 is 29.6 Å². The van der Waals surface area contributed by atoms with Crippen molar-refractivity contribution in [1.29, 1.82) is 0 Å². The molecule has 1 amide bonds. The number of rotatable bonds is 6. The van der Waals surface area contributed by atoms with Gasteiger partial charge in [-0.3, -0.25) is 9.35 Å². The molecule has 0 fully saturated rings. The van der Waals surface area contributed by atoms with Crippen LogP contribution in [-0.2, 0) is 10.1 Å². The summed E-state index contributed by atoms with van der Waals surface area (Å²) in [4.78, 5) is 12.5. The van der Waals surface area contributed by atoms with Gasteiger partial charge in [0.05, 0.1) is 17.8 Å². The van der Waals surface area contributed by atoms with E-state index in [0.717, 1.165) is 6.07 Å². The minimum Gasteiger partial charge on any atom is -0.870 e. The molecule has 0 saturated carbocycles. The Morgan fingerprint density at radius 3 is 2.34 bits per heavy atom. The van der Waals surface area contributed by atoms with E-state index in [0.29, 0.717) is 22.2 Å². The molecule has 4 aromatic carbocycles. The van der Waals surface area contributed by atoms with E-state index in [1.165, 1.54) is 32.2 Å². The van der Waals surface area contributed by atoms with E-state index in [2.05, 4.69) is 15.5 Å². The fraction of sp³-hybridized carbons (Fsp3) is 0.0800. The van der Waals surface area contributed by atoms with Gasteiger partial charge in [0.25, 0.3) is 16.0 Å². The van der Waals surface area contributed by atoms with Crippen molar-refractivity contribution in [2.75, 3.05) is 12.4 Å². The zero-order valence-corrected chi connectivity index (χ0v) is 24.6. The summed E-state index contributed by atoms with van der Waals surface area (Å²) in [5.41, 5.74) is -0.100. The fourth-order valence-corrected chi connectivity index (χ4v) is 4.69. The largest absolute Gasteiger partial charge is 1.00 e. The maximum Gasteiger partial charge on any atom is 1.00 e. The molecule has 38 heavy (non-hydrogen) atoms. The molecular weight excluding hydrogens is 564 g/mol. The number of benzene rings is 4. The predicted octanol–water partition coefficient (Wildman–Crippen LogP) is 3.46. The number of nitrogens with zero attached hydrogens (tertiary/aromatic N) is 2. The van der Waals surface area contributed by atoms with Gasteiger partial charge in [0.1, 0.15) is 16.3 Å². The average Bonchev–Trinajstić information content (AvgIpc) is 2.84. The van der Waals surface area contributed by atoms with Crippen LogP contribution in [0.15, 0.2) is 75.8 Å². The number of fused-ring (bicyclic) bond motifs is 1. The van der Waals surface area contributed by atoms with Crippen LogP contribution in [0.4, 0.5) is 17.1 Å². The van der Waals surface area contributed by atoms with E-state index < -0.39 is 26.7 Å². The third-order valence-corrected chi connectivity index (χ3v) is 7.08. The second-order valence-corrected chi connectivity index (χ2v) is 10.0. The third kappa shape index (κ3) is 6.13. The molecule has 0 aromatic heterocycles. The Morgan fingerprint density at radius 1 is 1.00 bits per heavy atom.